The molecular formula is C13H13FO4. The predicted molar refractivity (Wildman–Crippen MR) is 61.6 cm³/mol. The van der Waals surface area contributed by atoms with Crippen LogP contribution in [0.2, 0.25) is 0 Å². The van der Waals surface area contributed by atoms with E-state index in [4.69, 9.17) is 0 Å². The maximum Gasteiger partial charge on any atom is 0.313 e. The summed E-state index contributed by atoms with van der Waals surface area (Å²) in [5, 5.41) is 0. The van der Waals surface area contributed by atoms with Crippen LogP contribution in [0, 0.1) is 5.82 Å². The number of rotatable bonds is 6. The summed E-state index contributed by atoms with van der Waals surface area (Å²) in [5.74, 6) is -2.25. The molecule has 1 rings (SSSR count). The Labute approximate surface area is 104 Å². The molecule has 1 aromatic rings. The molecule has 0 radical (unpaired) electrons. The Balaban J connectivity index is 2.55. The van der Waals surface area contributed by atoms with E-state index in [-0.39, 0.29) is 12.2 Å². The van der Waals surface area contributed by atoms with Gasteiger partial charge in [-0.25, -0.2) is 4.39 Å². The normalized spacial score (nSPS) is 9.89. The summed E-state index contributed by atoms with van der Waals surface area (Å²) < 4.78 is 17.5. The van der Waals surface area contributed by atoms with Crippen molar-refractivity contribution in [1.82, 2.24) is 0 Å². The van der Waals surface area contributed by atoms with Crippen LogP contribution < -0.4 is 0 Å². The number of esters is 1. The summed E-state index contributed by atoms with van der Waals surface area (Å²) in [6.45, 7) is 1.81. The lowest BCUT2D eigenvalue weighted by atomic mass is 10.0. The van der Waals surface area contributed by atoms with Gasteiger partial charge >= 0.3 is 5.97 Å². The fourth-order valence-corrected chi connectivity index (χ4v) is 1.38. The van der Waals surface area contributed by atoms with Crippen molar-refractivity contribution in [3.05, 3.63) is 35.6 Å². The Bertz CT molecular complexity index is 468. The second-order valence-electron chi connectivity index (χ2n) is 3.63. The van der Waals surface area contributed by atoms with Crippen LogP contribution in [-0.2, 0) is 14.3 Å². The Morgan fingerprint density at radius 1 is 1.22 bits per heavy atom. The molecule has 5 heteroatoms. The lowest BCUT2D eigenvalue weighted by molar-refractivity contribution is -0.145. The number of ether oxygens (including phenoxy) is 1. The summed E-state index contributed by atoms with van der Waals surface area (Å²) >= 11 is 0. The molecule has 0 atom stereocenters. The van der Waals surface area contributed by atoms with E-state index in [1.54, 1.807) is 6.92 Å². The zero-order chi connectivity index (χ0) is 13.5. The minimum atomic E-state index is -0.658. The summed E-state index contributed by atoms with van der Waals surface area (Å²) in [6, 6.07) is 5.07. The molecular weight excluding hydrogens is 239 g/mol. The highest BCUT2D eigenvalue weighted by molar-refractivity contribution is 6.11. The van der Waals surface area contributed by atoms with Gasteiger partial charge in [0.2, 0.25) is 0 Å². The second kappa shape index (κ2) is 6.64. The van der Waals surface area contributed by atoms with Gasteiger partial charge in [0.15, 0.2) is 11.6 Å². The molecule has 18 heavy (non-hydrogen) atoms. The van der Waals surface area contributed by atoms with E-state index in [9.17, 15) is 18.8 Å². The third-order valence-electron chi connectivity index (χ3n) is 2.15. The van der Waals surface area contributed by atoms with Gasteiger partial charge < -0.3 is 4.74 Å². The third-order valence-corrected chi connectivity index (χ3v) is 2.15. The van der Waals surface area contributed by atoms with Crippen molar-refractivity contribution in [3.8, 4) is 0 Å². The molecule has 0 saturated heterocycles. The van der Waals surface area contributed by atoms with Gasteiger partial charge in [-0.15, -0.1) is 0 Å². The van der Waals surface area contributed by atoms with Gasteiger partial charge in [0.25, 0.3) is 0 Å². The second-order valence-corrected chi connectivity index (χ2v) is 3.63. The number of ketones is 2. The summed E-state index contributed by atoms with van der Waals surface area (Å²) in [6.07, 6.45) is -0.864. The van der Waals surface area contributed by atoms with E-state index in [0.717, 1.165) is 6.07 Å². The number of hydrogen-bond acceptors (Lipinski definition) is 4. The first-order chi connectivity index (χ1) is 8.52. The highest BCUT2D eigenvalue weighted by Gasteiger charge is 2.16. The van der Waals surface area contributed by atoms with E-state index in [2.05, 4.69) is 4.74 Å². The molecule has 1 aromatic carbocycles. The molecule has 0 spiro atoms. The number of halogens is 1. The third kappa shape index (κ3) is 4.45. The number of hydrogen-bond donors (Lipinski definition) is 0. The average molecular weight is 252 g/mol. The molecule has 0 bridgehead atoms. The van der Waals surface area contributed by atoms with Crippen molar-refractivity contribution in [2.45, 2.75) is 19.8 Å². The standard InChI is InChI=1S/C13H13FO4/c1-2-18-13(17)8-11(15)7-12(16)9-4-3-5-10(14)6-9/h3-6H,2,7-8H2,1H3. The van der Waals surface area contributed by atoms with Crippen LogP contribution in [0.1, 0.15) is 30.1 Å². The fraction of sp³-hybridized carbons (Fsp3) is 0.308. The molecule has 4 nitrogen and oxygen atoms in total. The Kier molecular flexibility index (Phi) is 5.17. The van der Waals surface area contributed by atoms with Gasteiger partial charge in [0.05, 0.1) is 13.0 Å². The zero-order valence-corrected chi connectivity index (χ0v) is 9.94. The van der Waals surface area contributed by atoms with Crippen LogP contribution in [0.4, 0.5) is 4.39 Å². The van der Waals surface area contributed by atoms with Crippen LogP contribution in [0.3, 0.4) is 0 Å². The Morgan fingerprint density at radius 2 is 1.94 bits per heavy atom. The lowest BCUT2D eigenvalue weighted by Crippen LogP contribution is -2.14. The highest BCUT2D eigenvalue weighted by Crippen LogP contribution is 2.07. The summed E-state index contributed by atoms with van der Waals surface area (Å²) in [5.41, 5.74) is 0.118. The largest absolute Gasteiger partial charge is 0.466 e. The number of carbonyl (C=O) groups excluding carboxylic acids is 3. The van der Waals surface area contributed by atoms with E-state index in [1.165, 1.54) is 18.2 Å². The maximum absolute atomic E-state index is 12.9. The summed E-state index contributed by atoms with van der Waals surface area (Å²) in [4.78, 5) is 34.0. The highest BCUT2D eigenvalue weighted by atomic mass is 19.1. The van der Waals surface area contributed by atoms with E-state index in [0.29, 0.717) is 0 Å². The summed E-state index contributed by atoms with van der Waals surface area (Å²) in [7, 11) is 0. The maximum atomic E-state index is 12.9. The number of benzene rings is 1. The lowest BCUT2D eigenvalue weighted by Gasteiger charge is -2.02. The van der Waals surface area contributed by atoms with Crippen molar-refractivity contribution in [1.29, 1.82) is 0 Å². The SMILES string of the molecule is CCOC(=O)CC(=O)CC(=O)c1cccc(F)c1. The van der Waals surface area contributed by atoms with Gasteiger partial charge in [-0.2, -0.15) is 0 Å². The smallest absolute Gasteiger partial charge is 0.313 e. The first-order valence-electron chi connectivity index (χ1n) is 5.49. The van der Waals surface area contributed by atoms with Gasteiger partial charge in [0.1, 0.15) is 12.2 Å². The molecule has 96 valence electrons. The Hall–Kier alpha value is -2.04. The van der Waals surface area contributed by atoms with E-state index >= 15 is 0 Å². The van der Waals surface area contributed by atoms with E-state index in [1.807, 2.05) is 0 Å². The monoisotopic (exact) mass is 252 g/mol. The van der Waals surface area contributed by atoms with Crippen molar-refractivity contribution >= 4 is 17.5 Å². The molecule has 0 heterocycles. The first kappa shape index (κ1) is 14.0. The molecule has 0 fully saturated rings. The Morgan fingerprint density at radius 3 is 2.56 bits per heavy atom. The van der Waals surface area contributed by atoms with Crippen LogP contribution in [0.5, 0.6) is 0 Å². The molecule has 0 aromatic heterocycles. The predicted octanol–water partition coefficient (Wildman–Crippen LogP) is 1.92. The van der Waals surface area contributed by atoms with Crippen LogP contribution >= 0.6 is 0 Å². The molecule has 0 N–H and O–H groups in total. The minimum Gasteiger partial charge on any atom is -0.466 e. The minimum absolute atomic E-state index is 0.118. The van der Waals surface area contributed by atoms with Crippen LogP contribution in [0.15, 0.2) is 24.3 Å². The van der Waals surface area contributed by atoms with Crippen molar-refractivity contribution < 1.29 is 23.5 Å². The topological polar surface area (TPSA) is 60.4 Å². The van der Waals surface area contributed by atoms with Gasteiger partial charge in [-0.1, -0.05) is 12.1 Å². The molecule has 0 saturated carbocycles. The van der Waals surface area contributed by atoms with Crippen molar-refractivity contribution in [2.75, 3.05) is 6.61 Å². The molecule has 0 amide bonds. The fourth-order valence-electron chi connectivity index (χ4n) is 1.38. The molecule has 0 aliphatic carbocycles. The van der Waals surface area contributed by atoms with Gasteiger partial charge in [-0.05, 0) is 19.1 Å². The van der Waals surface area contributed by atoms with Crippen LogP contribution in [0.25, 0.3) is 0 Å². The number of Topliss-reactive ketones (excluding diaryl/α,β-unsaturated/α-hetero) is 2. The zero-order valence-electron chi connectivity index (χ0n) is 9.94. The quantitative estimate of drug-likeness (QED) is 0.441. The van der Waals surface area contributed by atoms with Crippen molar-refractivity contribution in [3.63, 3.8) is 0 Å². The first-order valence-corrected chi connectivity index (χ1v) is 5.49. The molecule has 0 unspecified atom stereocenters. The van der Waals surface area contributed by atoms with Gasteiger partial charge in [0, 0.05) is 5.56 Å². The number of carbonyl (C=O) groups is 3. The van der Waals surface area contributed by atoms with Crippen molar-refractivity contribution in [2.24, 2.45) is 0 Å². The average Bonchev–Trinajstić information content (AvgIpc) is 2.28. The van der Waals surface area contributed by atoms with Crippen LogP contribution in [-0.4, -0.2) is 24.1 Å². The molecule has 0 aliphatic heterocycles. The molecule has 0 aliphatic rings. The van der Waals surface area contributed by atoms with Gasteiger partial charge in [-0.3, -0.25) is 14.4 Å². The van der Waals surface area contributed by atoms with E-state index < -0.39 is 36.2 Å².